The van der Waals surface area contributed by atoms with Gasteiger partial charge in [-0.2, -0.15) is 9.61 Å². The maximum Gasteiger partial charge on any atom is 0.270 e. The summed E-state index contributed by atoms with van der Waals surface area (Å²) in [5.74, 6) is -0.224. The zero-order valence-electron chi connectivity index (χ0n) is 24.5. The number of carbonyl (C=O) groups excluding carboxylic acids is 1. The van der Waals surface area contributed by atoms with Gasteiger partial charge >= 0.3 is 0 Å². The van der Waals surface area contributed by atoms with Gasteiger partial charge in [-0.25, -0.2) is 18.4 Å². The molecule has 0 spiro atoms. The number of fused-ring (bicyclic) bond motifs is 4. The van der Waals surface area contributed by atoms with Crippen LogP contribution < -0.4 is 5.73 Å². The van der Waals surface area contributed by atoms with Crippen molar-refractivity contribution in [3.05, 3.63) is 90.6 Å². The second-order valence-electron chi connectivity index (χ2n) is 12.0. The molecule has 8 rings (SSSR count). The molecule has 11 nitrogen and oxygen atoms in total. The number of piperidine rings is 1. The molecule has 2 saturated heterocycles. The molecule has 7 heterocycles. The Balaban J connectivity index is 1.16. The normalized spacial score (nSPS) is 19.8. The van der Waals surface area contributed by atoms with E-state index >= 15 is 0 Å². The summed E-state index contributed by atoms with van der Waals surface area (Å²) < 4.78 is 27.8. The minimum Gasteiger partial charge on any atom is -0.382 e. The number of rotatable bonds is 5. The Morgan fingerprint density at radius 3 is 2.42 bits per heavy atom. The van der Waals surface area contributed by atoms with Gasteiger partial charge in [-0.3, -0.25) is 9.78 Å². The van der Waals surface area contributed by atoms with Crippen LogP contribution in [0, 0.1) is 0 Å². The monoisotopic (exact) mass is 618 g/mol. The Hall–Kier alpha value is -5.10. The van der Waals surface area contributed by atoms with E-state index in [0.29, 0.717) is 41.1 Å². The van der Waals surface area contributed by atoms with Gasteiger partial charge < -0.3 is 15.6 Å². The molecule has 0 aliphatic carbocycles. The van der Waals surface area contributed by atoms with E-state index in [1.807, 2.05) is 65.6 Å². The van der Waals surface area contributed by atoms with Gasteiger partial charge in [-0.15, -0.1) is 0 Å². The van der Waals surface area contributed by atoms with Crippen LogP contribution in [0.3, 0.4) is 0 Å². The summed E-state index contributed by atoms with van der Waals surface area (Å²) >= 11 is 0. The largest absolute Gasteiger partial charge is 0.382 e. The number of H-pyrrole nitrogens is 1. The SMILES string of the molecule is CS(=O)(=O)c1c(C2C[C@H]3CC[C@@H](C2)N3C(=O)c2cc3cccnc3[nH]2)nc2c(-c3ccc(-c4ccccc4)nc3)cnn2c1N. The fraction of sp³-hybridized carbons (Fsp3) is 0.242. The van der Waals surface area contributed by atoms with Crippen molar-refractivity contribution >= 4 is 38.2 Å². The molecule has 45 heavy (non-hydrogen) atoms. The van der Waals surface area contributed by atoms with Crippen molar-refractivity contribution in [2.75, 3.05) is 12.0 Å². The van der Waals surface area contributed by atoms with Crippen LogP contribution in [0.1, 0.15) is 47.8 Å². The molecule has 6 aromatic rings. The standard InChI is InChI=1S/C33H30N8O3S/c1-45(43,44)29-28(22-14-23-10-11-24(15-22)40(23)33(42)27-16-20-8-5-13-35-31(20)38-27)39-32-25(18-37-41(32)30(29)34)21-9-12-26(36-17-21)19-6-3-2-4-7-19/h2-9,12-13,16-18,22-24H,10-11,14-15,34H2,1H3,(H,35,38)/t22?,23-,24+. The van der Waals surface area contributed by atoms with Crippen molar-refractivity contribution in [3.8, 4) is 22.4 Å². The minimum atomic E-state index is -3.75. The minimum absolute atomic E-state index is 0.00747. The fourth-order valence-corrected chi connectivity index (χ4v) is 8.21. The van der Waals surface area contributed by atoms with E-state index in [0.717, 1.165) is 41.3 Å². The lowest BCUT2D eigenvalue weighted by Crippen LogP contribution is -2.46. The molecule has 12 heteroatoms. The second-order valence-corrected chi connectivity index (χ2v) is 13.9. The number of nitrogens with one attached hydrogen (secondary N) is 1. The predicted octanol–water partition coefficient (Wildman–Crippen LogP) is 4.87. The van der Waals surface area contributed by atoms with Crippen molar-refractivity contribution in [2.45, 2.75) is 48.6 Å². The lowest BCUT2D eigenvalue weighted by molar-refractivity contribution is 0.0563. The predicted molar refractivity (Wildman–Crippen MR) is 170 cm³/mol. The molecule has 2 bridgehead atoms. The summed E-state index contributed by atoms with van der Waals surface area (Å²) in [7, 11) is -3.75. The average Bonchev–Trinajstić information content (AvgIpc) is 3.74. The van der Waals surface area contributed by atoms with Crippen molar-refractivity contribution in [3.63, 3.8) is 0 Å². The van der Waals surface area contributed by atoms with Crippen LogP contribution >= 0.6 is 0 Å². The van der Waals surface area contributed by atoms with Crippen LogP contribution in [0.25, 0.3) is 39.1 Å². The Kier molecular flexibility index (Phi) is 6.24. The van der Waals surface area contributed by atoms with Crippen LogP contribution in [0.4, 0.5) is 5.82 Å². The van der Waals surface area contributed by atoms with Crippen molar-refractivity contribution in [1.29, 1.82) is 0 Å². The molecule has 2 aliphatic heterocycles. The number of nitrogens with two attached hydrogens (primary N) is 1. The summed E-state index contributed by atoms with van der Waals surface area (Å²) in [4.78, 5) is 32.8. The van der Waals surface area contributed by atoms with E-state index in [-0.39, 0.29) is 34.6 Å². The lowest BCUT2D eigenvalue weighted by atomic mass is 9.87. The highest BCUT2D eigenvalue weighted by Crippen LogP contribution is 2.46. The summed E-state index contributed by atoms with van der Waals surface area (Å²) in [6.07, 6.45) is 9.12. The van der Waals surface area contributed by atoms with Crippen LogP contribution in [0.2, 0.25) is 0 Å². The summed E-state index contributed by atoms with van der Waals surface area (Å²) in [5.41, 5.74) is 12.0. The number of nitrogen functional groups attached to an aromatic ring is 1. The Morgan fingerprint density at radius 1 is 0.956 bits per heavy atom. The quantitative estimate of drug-likeness (QED) is 0.278. The third-order valence-corrected chi connectivity index (χ3v) is 10.3. The molecule has 2 fully saturated rings. The smallest absolute Gasteiger partial charge is 0.270 e. The molecule has 1 amide bonds. The van der Waals surface area contributed by atoms with Gasteiger partial charge in [0.1, 0.15) is 22.1 Å². The number of carbonyl (C=O) groups is 1. The highest BCUT2D eigenvalue weighted by atomic mass is 32.2. The molecule has 1 unspecified atom stereocenters. The van der Waals surface area contributed by atoms with E-state index in [9.17, 15) is 13.2 Å². The van der Waals surface area contributed by atoms with Gasteiger partial charge in [-0.05, 0) is 49.9 Å². The summed E-state index contributed by atoms with van der Waals surface area (Å²) in [6.45, 7) is 0. The third kappa shape index (κ3) is 4.55. The second kappa shape index (κ2) is 10.2. The number of sulfone groups is 1. The van der Waals surface area contributed by atoms with E-state index < -0.39 is 9.84 Å². The highest BCUT2D eigenvalue weighted by Gasteiger charge is 2.46. The number of benzene rings is 1. The first-order valence-electron chi connectivity index (χ1n) is 14.9. The average molecular weight is 619 g/mol. The van der Waals surface area contributed by atoms with Gasteiger partial charge in [0.25, 0.3) is 5.91 Å². The number of nitrogens with zero attached hydrogens (tertiary/aromatic N) is 6. The van der Waals surface area contributed by atoms with E-state index in [1.54, 1.807) is 18.6 Å². The number of hydrogen-bond donors (Lipinski definition) is 2. The van der Waals surface area contributed by atoms with Gasteiger partial charge in [0.05, 0.1) is 17.6 Å². The van der Waals surface area contributed by atoms with Crippen LogP contribution in [-0.4, -0.2) is 67.1 Å². The Bertz CT molecular complexity index is 2160. The maximum absolute atomic E-state index is 13.7. The van der Waals surface area contributed by atoms with E-state index in [2.05, 4.69) is 20.1 Å². The van der Waals surface area contributed by atoms with Crippen molar-refractivity contribution in [2.24, 2.45) is 0 Å². The molecule has 5 aromatic heterocycles. The molecule has 0 radical (unpaired) electrons. The number of aromatic nitrogens is 6. The summed E-state index contributed by atoms with van der Waals surface area (Å²) in [6, 6.07) is 19.3. The van der Waals surface area contributed by atoms with E-state index in [1.165, 1.54) is 4.52 Å². The number of aromatic amines is 1. The van der Waals surface area contributed by atoms with Gasteiger partial charge in [0.2, 0.25) is 0 Å². The maximum atomic E-state index is 13.7. The van der Waals surface area contributed by atoms with Crippen LogP contribution in [0.15, 0.2) is 84.1 Å². The molecule has 1 aromatic carbocycles. The first-order valence-corrected chi connectivity index (χ1v) is 16.8. The first-order chi connectivity index (χ1) is 21.8. The molecule has 0 saturated carbocycles. The molecular formula is C33H30N8O3S. The number of pyridine rings is 2. The molecular weight excluding hydrogens is 588 g/mol. The van der Waals surface area contributed by atoms with Crippen molar-refractivity contribution < 1.29 is 13.2 Å². The molecule has 226 valence electrons. The van der Waals surface area contributed by atoms with Crippen LogP contribution in [0.5, 0.6) is 0 Å². The first kappa shape index (κ1) is 27.4. The third-order valence-electron chi connectivity index (χ3n) is 9.16. The Labute approximate surface area is 259 Å². The highest BCUT2D eigenvalue weighted by molar-refractivity contribution is 7.91. The zero-order chi connectivity index (χ0) is 30.9. The Morgan fingerprint density at radius 2 is 1.73 bits per heavy atom. The van der Waals surface area contributed by atoms with Crippen LogP contribution in [-0.2, 0) is 9.84 Å². The van der Waals surface area contributed by atoms with Gasteiger partial charge in [0, 0.05) is 58.7 Å². The molecule has 2 aliphatic rings. The molecule has 3 N–H and O–H groups in total. The zero-order valence-corrected chi connectivity index (χ0v) is 25.3. The van der Waals surface area contributed by atoms with E-state index in [4.69, 9.17) is 10.7 Å². The number of hydrogen-bond acceptors (Lipinski definition) is 8. The van der Waals surface area contributed by atoms with Crippen molar-refractivity contribution in [1.82, 2.24) is 34.4 Å². The van der Waals surface area contributed by atoms with Gasteiger partial charge in [-0.1, -0.05) is 36.4 Å². The fourth-order valence-electron chi connectivity index (χ4n) is 7.16. The number of anilines is 1. The number of amides is 1. The lowest BCUT2D eigenvalue weighted by Gasteiger charge is -2.39. The topological polar surface area (TPSA) is 152 Å². The summed E-state index contributed by atoms with van der Waals surface area (Å²) in [5, 5.41) is 5.32. The van der Waals surface area contributed by atoms with Gasteiger partial charge in [0.15, 0.2) is 15.5 Å². The molecule has 3 atom stereocenters.